The molecule has 1 N–H and O–H groups in total. The average Bonchev–Trinajstić information content (AvgIpc) is 2.70. The molecule has 2 aromatic rings. The van der Waals surface area contributed by atoms with Gasteiger partial charge < -0.3 is 9.67 Å². The molecule has 3 rings (SSSR count). The van der Waals surface area contributed by atoms with Crippen molar-refractivity contribution in [3.63, 3.8) is 0 Å². The van der Waals surface area contributed by atoms with Gasteiger partial charge in [-0.05, 0) is 36.8 Å². The third-order valence-electron chi connectivity index (χ3n) is 3.91. The average molecular weight is 277 g/mol. The zero-order valence-corrected chi connectivity index (χ0v) is 11.7. The summed E-state index contributed by atoms with van der Waals surface area (Å²) in [5, 5.41) is 9.87. The zero-order chi connectivity index (χ0) is 13.7. The van der Waals surface area contributed by atoms with Gasteiger partial charge in [0.05, 0.1) is 5.39 Å². The Balaban J connectivity index is 2.35. The summed E-state index contributed by atoms with van der Waals surface area (Å²) >= 11 is 1.58. The maximum atomic E-state index is 12.4. The second-order valence-electron chi connectivity index (χ2n) is 5.29. The zero-order valence-electron chi connectivity index (χ0n) is 10.9. The number of rotatable bonds is 1. The molecule has 0 aromatic carbocycles. The summed E-state index contributed by atoms with van der Waals surface area (Å²) in [6.45, 7) is 2.22. The van der Waals surface area contributed by atoms with Crippen LogP contribution in [0.25, 0.3) is 10.1 Å². The van der Waals surface area contributed by atoms with Crippen molar-refractivity contribution < 1.29 is 9.90 Å². The van der Waals surface area contributed by atoms with Crippen LogP contribution >= 0.6 is 11.3 Å². The molecule has 0 saturated carbocycles. The van der Waals surface area contributed by atoms with Crippen molar-refractivity contribution >= 4 is 27.4 Å². The number of fused-ring (bicyclic) bond motifs is 3. The summed E-state index contributed by atoms with van der Waals surface area (Å²) < 4.78 is 2.06. The van der Waals surface area contributed by atoms with Crippen LogP contribution in [0.3, 0.4) is 0 Å². The van der Waals surface area contributed by atoms with Crippen LogP contribution in [0.1, 0.15) is 34.3 Å². The topological polar surface area (TPSA) is 59.3 Å². The minimum Gasteiger partial charge on any atom is -0.477 e. The number of carbonyl (C=O) groups is 1. The Bertz CT molecular complexity index is 741. The first-order chi connectivity index (χ1) is 8.99. The number of hydrogen-bond acceptors (Lipinski definition) is 3. The van der Waals surface area contributed by atoms with Crippen LogP contribution in [-0.4, -0.2) is 15.6 Å². The smallest absolute Gasteiger partial charge is 0.352 e. The first-order valence-corrected chi connectivity index (χ1v) is 7.18. The molecule has 2 heterocycles. The normalized spacial score (nSPS) is 18.5. The van der Waals surface area contributed by atoms with Crippen molar-refractivity contribution in [2.45, 2.75) is 26.2 Å². The number of pyridine rings is 1. The highest BCUT2D eigenvalue weighted by Gasteiger charge is 2.23. The molecule has 19 heavy (non-hydrogen) atoms. The summed E-state index contributed by atoms with van der Waals surface area (Å²) in [7, 11) is 1.53. The standard InChI is InChI=1S/C14H15NO3S/c1-7-3-4-8-10(5-7)19-11-6-9(14(17)18)15(2)13(16)12(8)11/h6-7H,3-5H2,1-2H3,(H,17,18). The molecule has 100 valence electrons. The van der Waals surface area contributed by atoms with E-state index in [0.717, 1.165) is 34.9 Å². The summed E-state index contributed by atoms with van der Waals surface area (Å²) in [5.41, 5.74) is 1.03. The van der Waals surface area contributed by atoms with Crippen LogP contribution in [-0.2, 0) is 19.9 Å². The minimum absolute atomic E-state index is 0.0594. The number of aryl methyl sites for hydroxylation is 1. The van der Waals surface area contributed by atoms with E-state index in [4.69, 9.17) is 5.11 Å². The second-order valence-corrected chi connectivity index (χ2v) is 6.43. The summed E-state index contributed by atoms with van der Waals surface area (Å²) in [6.07, 6.45) is 3.03. The van der Waals surface area contributed by atoms with Gasteiger partial charge in [-0.2, -0.15) is 0 Å². The molecule has 0 aliphatic heterocycles. The molecule has 1 aliphatic rings. The predicted octanol–water partition coefficient (Wildman–Crippen LogP) is 2.42. The first kappa shape index (κ1) is 12.4. The van der Waals surface area contributed by atoms with Crippen LogP contribution in [0.5, 0.6) is 0 Å². The quantitative estimate of drug-likeness (QED) is 0.871. The van der Waals surface area contributed by atoms with Gasteiger partial charge in [-0.3, -0.25) is 4.79 Å². The van der Waals surface area contributed by atoms with Crippen LogP contribution in [0, 0.1) is 5.92 Å². The van der Waals surface area contributed by atoms with Crippen molar-refractivity contribution in [3.05, 3.63) is 32.6 Å². The largest absolute Gasteiger partial charge is 0.477 e. The lowest BCUT2D eigenvalue weighted by Crippen LogP contribution is -2.23. The van der Waals surface area contributed by atoms with Gasteiger partial charge in [-0.1, -0.05) is 6.92 Å². The lowest BCUT2D eigenvalue weighted by atomic mass is 9.89. The van der Waals surface area contributed by atoms with Gasteiger partial charge in [0.25, 0.3) is 5.56 Å². The van der Waals surface area contributed by atoms with E-state index in [1.54, 1.807) is 17.4 Å². The van der Waals surface area contributed by atoms with Gasteiger partial charge in [-0.25, -0.2) is 4.79 Å². The van der Waals surface area contributed by atoms with E-state index in [-0.39, 0.29) is 11.3 Å². The van der Waals surface area contributed by atoms with Crippen LogP contribution in [0.15, 0.2) is 10.9 Å². The molecular formula is C14H15NO3S. The van der Waals surface area contributed by atoms with E-state index in [1.165, 1.54) is 16.5 Å². The molecule has 0 spiro atoms. The fourth-order valence-corrected chi connectivity index (χ4v) is 4.26. The van der Waals surface area contributed by atoms with Crippen molar-refractivity contribution in [3.8, 4) is 0 Å². The van der Waals surface area contributed by atoms with Gasteiger partial charge in [0.2, 0.25) is 0 Å². The fourth-order valence-electron chi connectivity index (χ4n) is 2.81. The van der Waals surface area contributed by atoms with Gasteiger partial charge in [0.1, 0.15) is 5.69 Å². The molecular weight excluding hydrogens is 262 g/mol. The lowest BCUT2D eigenvalue weighted by molar-refractivity contribution is 0.0685. The van der Waals surface area contributed by atoms with E-state index in [9.17, 15) is 9.59 Å². The highest BCUT2D eigenvalue weighted by Crippen LogP contribution is 2.36. The number of thiophene rings is 1. The lowest BCUT2D eigenvalue weighted by Gasteiger charge is -2.17. The van der Waals surface area contributed by atoms with Crippen molar-refractivity contribution in [1.29, 1.82) is 0 Å². The van der Waals surface area contributed by atoms with Crippen molar-refractivity contribution in [2.75, 3.05) is 0 Å². The highest BCUT2D eigenvalue weighted by molar-refractivity contribution is 7.19. The van der Waals surface area contributed by atoms with Gasteiger partial charge in [-0.15, -0.1) is 11.3 Å². The molecule has 0 radical (unpaired) electrons. The number of aromatic carboxylic acids is 1. The number of hydrogen-bond donors (Lipinski definition) is 1. The monoisotopic (exact) mass is 277 g/mol. The Morgan fingerprint density at radius 1 is 1.53 bits per heavy atom. The maximum absolute atomic E-state index is 12.4. The predicted molar refractivity (Wildman–Crippen MR) is 75.2 cm³/mol. The van der Waals surface area contributed by atoms with Crippen LogP contribution < -0.4 is 5.56 Å². The molecule has 0 amide bonds. The van der Waals surface area contributed by atoms with Gasteiger partial charge >= 0.3 is 5.97 Å². The molecule has 0 bridgehead atoms. The number of nitrogens with zero attached hydrogens (tertiary/aromatic N) is 1. The molecule has 4 nitrogen and oxygen atoms in total. The molecule has 5 heteroatoms. The third-order valence-corrected chi connectivity index (χ3v) is 5.11. The molecule has 1 aliphatic carbocycles. The Morgan fingerprint density at radius 2 is 2.26 bits per heavy atom. The maximum Gasteiger partial charge on any atom is 0.352 e. The SMILES string of the molecule is CC1CCc2c(sc3cc(C(=O)O)n(C)c(=O)c23)C1. The molecule has 0 fully saturated rings. The molecule has 2 aromatic heterocycles. The molecule has 1 atom stereocenters. The second kappa shape index (κ2) is 4.20. The Labute approximate surface area is 114 Å². The van der Waals surface area contributed by atoms with Crippen LogP contribution in [0.2, 0.25) is 0 Å². The number of carboxylic acid groups (broad SMARTS) is 1. The Morgan fingerprint density at radius 3 is 2.95 bits per heavy atom. The van der Waals surface area contributed by atoms with Crippen molar-refractivity contribution in [2.24, 2.45) is 13.0 Å². The summed E-state index contributed by atoms with van der Waals surface area (Å²) in [6, 6.07) is 1.63. The molecule has 1 unspecified atom stereocenters. The van der Waals surface area contributed by atoms with E-state index < -0.39 is 5.97 Å². The first-order valence-electron chi connectivity index (χ1n) is 6.36. The Kier molecular flexibility index (Phi) is 2.74. The number of aromatic nitrogens is 1. The number of carboxylic acids is 1. The van der Waals surface area contributed by atoms with Gasteiger partial charge in [0, 0.05) is 16.6 Å². The summed E-state index contributed by atoms with van der Waals surface area (Å²) in [5.74, 6) is -0.412. The molecule has 0 saturated heterocycles. The van der Waals surface area contributed by atoms with E-state index in [1.807, 2.05) is 0 Å². The fraction of sp³-hybridized carbons (Fsp3) is 0.429. The van der Waals surface area contributed by atoms with E-state index in [0.29, 0.717) is 5.92 Å². The Hall–Kier alpha value is -1.62. The third kappa shape index (κ3) is 1.80. The van der Waals surface area contributed by atoms with Crippen molar-refractivity contribution in [1.82, 2.24) is 4.57 Å². The van der Waals surface area contributed by atoms with Gasteiger partial charge in [0.15, 0.2) is 0 Å². The van der Waals surface area contributed by atoms with E-state index in [2.05, 4.69) is 6.92 Å². The minimum atomic E-state index is -1.05. The summed E-state index contributed by atoms with van der Waals surface area (Å²) in [4.78, 5) is 24.8. The van der Waals surface area contributed by atoms with E-state index >= 15 is 0 Å². The highest BCUT2D eigenvalue weighted by atomic mass is 32.1. The van der Waals surface area contributed by atoms with Crippen LogP contribution in [0.4, 0.5) is 0 Å².